The molecular weight excluding hydrogens is 272 g/mol. The van der Waals surface area contributed by atoms with Crippen LogP contribution in [0.1, 0.15) is 52.5 Å². The smallest absolute Gasteiger partial charge is 0.399 e. The van der Waals surface area contributed by atoms with Crippen LogP contribution in [0, 0.1) is 5.92 Å². The molecule has 0 aliphatic carbocycles. The van der Waals surface area contributed by atoms with E-state index in [-0.39, 0.29) is 23.7 Å². The highest BCUT2D eigenvalue weighted by molar-refractivity contribution is 6.62. The lowest BCUT2D eigenvalue weighted by molar-refractivity contribution is 0.00578. The van der Waals surface area contributed by atoms with Crippen LogP contribution in [0.15, 0.2) is 18.5 Å². The van der Waals surface area contributed by atoms with Crippen molar-refractivity contribution in [3.05, 3.63) is 24.0 Å². The van der Waals surface area contributed by atoms with Crippen molar-refractivity contribution in [2.75, 3.05) is 0 Å². The van der Waals surface area contributed by atoms with Gasteiger partial charge in [-0.15, -0.1) is 11.6 Å². The molecule has 0 amide bonds. The molecule has 20 heavy (non-hydrogen) atoms. The number of hydrogen-bond acceptors (Lipinski definition) is 3. The maximum Gasteiger partial charge on any atom is 0.496 e. The summed E-state index contributed by atoms with van der Waals surface area (Å²) in [5.74, 6) is 0.354. The molecule has 0 N–H and O–H groups in total. The van der Waals surface area contributed by atoms with Crippen LogP contribution in [0.3, 0.4) is 0 Å². The summed E-state index contributed by atoms with van der Waals surface area (Å²) in [4.78, 5) is 4.28. The first-order valence-electron chi connectivity index (χ1n) is 7.08. The third-order valence-corrected chi connectivity index (χ3v) is 4.97. The Morgan fingerprint density at radius 3 is 2.15 bits per heavy atom. The number of alkyl halides is 1. The Morgan fingerprint density at radius 2 is 1.65 bits per heavy atom. The van der Waals surface area contributed by atoms with Gasteiger partial charge in [-0.1, -0.05) is 19.9 Å². The molecule has 1 unspecified atom stereocenters. The Morgan fingerprint density at radius 1 is 1.10 bits per heavy atom. The molecule has 110 valence electrons. The summed E-state index contributed by atoms with van der Waals surface area (Å²) in [6.45, 7) is 12.4. The zero-order valence-electron chi connectivity index (χ0n) is 13.1. The lowest BCUT2D eigenvalue weighted by atomic mass is 9.79. The Bertz CT molecular complexity index is 475. The van der Waals surface area contributed by atoms with Crippen LogP contribution in [0.25, 0.3) is 0 Å². The first-order valence-corrected chi connectivity index (χ1v) is 7.52. The normalized spacial score (nSPS) is 22.3. The quantitative estimate of drug-likeness (QED) is 0.633. The summed E-state index contributed by atoms with van der Waals surface area (Å²) in [5.41, 5.74) is 1.25. The molecule has 0 bridgehead atoms. The monoisotopic (exact) mass is 295 g/mol. The van der Waals surface area contributed by atoms with Gasteiger partial charge < -0.3 is 9.31 Å². The van der Waals surface area contributed by atoms with Crippen molar-refractivity contribution in [3.8, 4) is 0 Å². The second-order valence-electron chi connectivity index (χ2n) is 6.79. The van der Waals surface area contributed by atoms with Gasteiger partial charge in [0.1, 0.15) is 0 Å². The van der Waals surface area contributed by atoms with Gasteiger partial charge in [0, 0.05) is 17.9 Å². The van der Waals surface area contributed by atoms with Crippen LogP contribution >= 0.6 is 11.6 Å². The zero-order chi connectivity index (χ0) is 15.1. The Labute approximate surface area is 127 Å². The summed E-state index contributed by atoms with van der Waals surface area (Å²) in [7, 11) is -0.386. The number of nitrogens with zero attached hydrogens (tertiary/aromatic N) is 1. The van der Waals surface area contributed by atoms with Gasteiger partial charge in [0.15, 0.2) is 0 Å². The highest BCUT2D eigenvalue weighted by Crippen LogP contribution is 2.36. The molecule has 0 saturated carbocycles. The van der Waals surface area contributed by atoms with Gasteiger partial charge in [-0.3, -0.25) is 4.98 Å². The number of hydrogen-bond donors (Lipinski definition) is 0. The van der Waals surface area contributed by atoms with E-state index in [4.69, 9.17) is 20.9 Å². The van der Waals surface area contributed by atoms with E-state index in [1.807, 2.05) is 40.0 Å². The SMILES string of the molecule is CC(C)C(Cl)c1cncc(B2OC(C)(C)C(C)(C)O2)c1. The van der Waals surface area contributed by atoms with Crippen LogP contribution in [-0.2, 0) is 9.31 Å². The molecule has 1 fully saturated rings. The lowest BCUT2D eigenvalue weighted by Crippen LogP contribution is -2.41. The minimum atomic E-state index is -0.386. The van der Waals surface area contributed by atoms with E-state index in [1.165, 1.54) is 0 Å². The van der Waals surface area contributed by atoms with E-state index in [1.54, 1.807) is 6.20 Å². The highest BCUT2D eigenvalue weighted by Gasteiger charge is 2.51. The first-order chi connectivity index (χ1) is 9.14. The lowest BCUT2D eigenvalue weighted by Gasteiger charge is -2.32. The minimum Gasteiger partial charge on any atom is -0.399 e. The Hall–Kier alpha value is -0.575. The van der Waals surface area contributed by atoms with Gasteiger partial charge >= 0.3 is 7.12 Å². The summed E-state index contributed by atoms with van der Waals surface area (Å²) in [6, 6.07) is 2.03. The molecule has 0 radical (unpaired) electrons. The average molecular weight is 296 g/mol. The van der Waals surface area contributed by atoms with E-state index >= 15 is 0 Å². The van der Waals surface area contributed by atoms with E-state index < -0.39 is 0 Å². The molecule has 3 nitrogen and oxygen atoms in total. The second-order valence-corrected chi connectivity index (χ2v) is 7.26. The molecule has 2 rings (SSSR count). The van der Waals surface area contributed by atoms with Crippen LogP contribution in [0.4, 0.5) is 0 Å². The standard InChI is InChI=1S/C15H23BClNO2/c1-10(2)13(17)11-7-12(9-18-8-11)16-19-14(3,4)15(5,6)20-16/h7-10,13H,1-6H3. The van der Waals surface area contributed by atoms with Crippen molar-refractivity contribution in [3.63, 3.8) is 0 Å². The fraction of sp³-hybridized carbons (Fsp3) is 0.667. The van der Waals surface area contributed by atoms with Gasteiger partial charge in [-0.2, -0.15) is 0 Å². The van der Waals surface area contributed by atoms with Gasteiger partial charge in [0.25, 0.3) is 0 Å². The molecule has 0 spiro atoms. The van der Waals surface area contributed by atoms with Crippen molar-refractivity contribution in [1.29, 1.82) is 0 Å². The number of rotatable bonds is 3. The predicted octanol–water partition coefficient (Wildman–Crippen LogP) is 3.32. The summed E-state index contributed by atoms with van der Waals surface area (Å²) in [6.07, 6.45) is 3.60. The molecular formula is C15H23BClNO2. The Balaban J connectivity index is 2.25. The van der Waals surface area contributed by atoms with Crippen molar-refractivity contribution in [2.45, 2.75) is 58.1 Å². The number of aromatic nitrogens is 1. The minimum absolute atomic E-state index is 0.0510. The fourth-order valence-corrected chi connectivity index (χ4v) is 2.24. The Kier molecular flexibility index (Phi) is 4.21. The van der Waals surface area contributed by atoms with Gasteiger partial charge in [0.05, 0.1) is 16.6 Å². The zero-order valence-corrected chi connectivity index (χ0v) is 13.9. The summed E-state index contributed by atoms with van der Waals surface area (Å²) >= 11 is 6.41. The molecule has 1 saturated heterocycles. The van der Waals surface area contributed by atoms with Crippen LogP contribution in [0.5, 0.6) is 0 Å². The molecule has 1 aliphatic heterocycles. The van der Waals surface area contributed by atoms with Crippen LogP contribution in [-0.4, -0.2) is 23.3 Å². The van der Waals surface area contributed by atoms with Crippen molar-refractivity contribution < 1.29 is 9.31 Å². The highest BCUT2D eigenvalue weighted by atomic mass is 35.5. The summed E-state index contributed by atoms with van der Waals surface area (Å²) < 4.78 is 12.1. The molecule has 1 aromatic rings. The summed E-state index contributed by atoms with van der Waals surface area (Å²) in [5, 5.41) is -0.0510. The van der Waals surface area contributed by atoms with Gasteiger partial charge in [-0.25, -0.2) is 0 Å². The van der Waals surface area contributed by atoms with Gasteiger partial charge in [0.2, 0.25) is 0 Å². The third kappa shape index (κ3) is 2.88. The third-order valence-electron chi connectivity index (χ3n) is 4.21. The van der Waals surface area contributed by atoms with Crippen molar-refractivity contribution in [2.24, 2.45) is 5.92 Å². The molecule has 0 aromatic carbocycles. The van der Waals surface area contributed by atoms with E-state index in [0.29, 0.717) is 5.92 Å². The number of halogens is 1. The van der Waals surface area contributed by atoms with E-state index in [9.17, 15) is 0 Å². The molecule has 1 atom stereocenters. The van der Waals surface area contributed by atoms with Crippen LogP contribution < -0.4 is 5.46 Å². The fourth-order valence-electron chi connectivity index (χ4n) is 2.12. The maximum atomic E-state index is 6.41. The van der Waals surface area contributed by atoms with E-state index in [2.05, 4.69) is 18.8 Å². The molecule has 1 aliphatic rings. The van der Waals surface area contributed by atoms with Gasteiger partial charge in [-0.05, 0) is 39.2 Å². The second kappa shape index (κ2) is 5.32. The van der Waals surface area contributed by atoms with Crippen molar-refractivity contribution >= 4 is 24.2 Å². The molecule has 1 aromatic heterocycles. The first kappa shape index (κ1) is 15.8. The predicted molar refractivity (Wildman–Crippen MR) is 83.4 cm³/mol. The number of pyridine rings is 1. The van der Waals surface area contributed by atoms with Crippen LogP contribution in [0.2, 0.25) is 0 Å². The maximum absolute atomic E-state index is 6.41. The molecule has 5 heteroatoms. The molecule has 2 heterocycles. The van der Waals surface area contributed by atoms with E-state index in [0.717, 1.165) is 11.0 Å². The van der Waals surface area contributed by atoms with Crippen molar-refractivity contribution in [1.82, 2.24) is 4.98 Å². The largest absolute Gasteiger partial charge is 0.496 e. The topological polar surface area (TPSA) is 31.4 Å². The average Bonchev–Trinajstić information content (AvgIpc) is 2.57.